The molecule has 3 heteroatoms. The molecule has 0 aliphatic heterocycles. The molecule has 4 saturated carbocycles. The van der Waals surface area contributed by atoms with E-state index in [4.69, 9.17) is 12.2 Å². The standard InChI is InChI=1S/C19H26N2S/c1-11-3-4-12(2)17(5-11)20-19(22)21-18-15-7-13-6-14(9-15)10-16(18)8-13/h3-5,13-16,18H,6-10H2,1-2H3,(H2,20,21,22). The van der Waals surface area contributed by atoms with Crippen LogP contribution in [0, 0.1) is 37.5 Å². The maximum absolute atomic E-state index is 5.62. The fourth-order valence-corrected chi connectivity index (χ4v) is 5.59. The van der Waals surface area contributed by atoms with Gasteiger partial charge in [0.25, 0.3) is 0 Å². The Hall–Kier alpha value is -1.09. The van der Waals surface area contributed by atoms with Crippen molar-refractivity contribution >= 4 is 23.0 Å². The average Bonchev–Trinajstić information content (AvgIpc) is 2.46. The Morgan fingerprint density at radius 1 is 1.00 bits per heavy atom. The summed E-state index contributed by atoms with van der Waals surface area (Å²) in [4.78, 5) is 0. The maximum Gasteiger partial charge on any atom is 0.171 e. The van der Waals surface area contributed by atoms with Crippen molar-refractivity contribution in [2.75, 3.05) is 5.32 Å². The van der Waals surface area contributed by atoms with Crippen LogP contribution in [0.2, 0.25) is 0 Å². The lowest BCUT2D eigenvalue weighted by molar-refractivity contribution is -0.00665. The normalized spacial score (nSPS) is 35.5. The maximum atomic E-state index is 5.62. The third kappa shape index (κ3) is 2.64. The van der Waals surface area contributed by atoms with Crippen LogP contribution in [0.5, 0.6) is 0 Å². The van der Waals surface area contributed by atoms with E-state index < -0.39 is 0 Å². The van der Waals surface area contributed by atoms with Gasteiger partial charge < -0.3 is 10.6 Å². The smallest absolute Gasteiger partial charge is 0.171 e. The number of nitrogens with one attached hydrogen (secondary N) is 2. The van der Waals surface area contributed by atoms with Gasteiger partial charge in [0.05, 0.1) is 0 Å². The fourth-order valence-electron chi connectivity index (χ4n) is 5.34. The predicted molar refractivity (Wildman–Crippen MR) is 96.1 cm³/mol. The second kappa shape index (κ2) is 5.52. The minimum Gasteiger partial charge on any atom is -0.359 e. The fraction of sp³-hybridized carbons (Fsp3) is 0.632. The Labute approximate surface area is 139 Å². The van der Waals surface area contributed by atoms with Crippen molar-refractivity contribution in [2.24, 2.45) is 23.7 Å². The Morgan fingerprint density at radius 3 is 2.27 bits per heavy atom. The highest BCUT2D eigenvalue weighted by Gasteiger charge is 2.48. The Balaban J connectivity index is 1.43. The van der Waals surface area contributed by atoms with Gasteiger partial charge in [0.1, 0.15) is 0 Å². The molecule has 0 amide bonds. The first-order valence-corrected chi connectivity index (χ1v) is 9.14. The zero-order valence-electron chi connectivity index (χ0n) is 13.6. The Kier molecular flexibility index (Phi) is 3.64. The minimum atomic E-state index is 0.609. The van der Waals surface area contributed by atoms with Gasteiger partial charge in [0, 0.05) is 11.7 Å². The van der Waals surface area contributed by atoms with Crippen LogP contribution < -0.4 is 10.6 Å². The summed E-state index contributed by atoms with van der Waals surface area (Å²) in [5.74, 6) is 3.74. The molecule has 0 atom stereocenters. The summed E-state index contributed by atoms with van der Waals surface area (Å²) in [5.41, 5.74) is 3.66. The molecule has 1 aromatic carbocycles. The molecular weight excluding hydrogens is 288 g/mol. The summed E-state index contributed by atoms with van der Waals surface area (Å²) < 4.78 is 0. The molecular formula is C19H26N2S. The van der Waals surface area contributed by atoms with Crippen LogP contribution in [-0.4, -0.2) is 11.2 Å². The summed E-state index contributed by atoms with van der Waals surface area (Å²) in [7, 11) is 0. The lowest BCUT2D eigenvalue weighted by Crippen LogP contribution is -2.56. The SMILES string of the molecule is Cc1ccc(C)c(NC(=S)NC2C3CC4CC(C3)CC2C4)c1. The second-order valence-electron chi connectivity index (χ2n) is 7.87. The quantitative estimate of drug-likeness (QED) is 0.791. The molecule has 0 heterocycles. The highest BCUT2D eigenvalue weighted by Crippen LogP contribution is 2.53. The Bertz CT molecular complexity index is 567. The van der Waals surface area contributed by atoms with Gasteiger partial charge in [-0.25, -0.2) is 0 Å². The molecule has 22 heavy (non-hydrogen) atoms. The highest BCUT2D eigenvalue weighted by molar-refractivity contribution is 7.80. The van der Waals surface area contributed by atoms with E-state index in [1.54, 1.807) is 0 Å². The summed E-state index contributed by atoms with van der Waals surface area (Å²) in [6.45, 7) is 4.26. The molecule has 2 nitrogen and oxygen atoms in total. The first-order valence-electron chi connectivity index (χ1n) is 8.73. The molecule has 4 bridgehead atoms. The molecule has 0 saturated heterocycles. The van der Waals surface area contributed by atoms with E-state index in [1.165, 1.54) is 43.2 Å². The van der Waals surface area contributed by atoms with E-state index in [1.807, 2.05) is 0 Å². The van der Waals surface area contributed by atoms with E-state index in [2.05, 4.69) is 42.7 Å². The molecule has 5 rings (SSSR count). The van der Waals surface area contributed by atoms with Crippen LogP contribution in [0.25, 0.3) is 0 Å². The molecule has 4 aliphatic carbocycles. The van der Waals surface area contributed by atoms with Crippen molar-refractivity contribution in [1.82, 2.24) is 5.32 Å². The molecule has 0 unspecified atom stereocenters. The summed E-state index contributed by atoms with van der Waals surface area (Å²) in [6, 6.07) is 7.09. The van der Waals surface area contributed by atoms with Crippen molar-refractivity contribution in [3.05, 3.63) is 29.3 Å². The number of thiocarbonyl (C=S) groups is 1. The molecule has 0 radical (unpaired) electrons. The third-order valence-corrected chi connectivity index (χ3v) is 6.39. The van der Waals surface area contributed by atoms with E-state index in [-0.39, 0.29) is 0 Å². The summed E-state index contributed by atoms with van der Waals surface area (Å²) >= 11 is 5.62. The molecule has 4 fully saturated rings. The van der Waals surface area contributed by atoms with Crippen LogP contribution in [0.4, 0.5) is 5.69 Å². The summed E-state index contributed by atoms with van der Waals surface area (Å²) in [6.07, 6.45) is 7.21. The highest BCUT2D eigenvalue weighted by atomic mass is 32.1. The van der Waals surface area contributed by atoms with Gasteiger partial charge in [-0.05, 0) is 99.0 Å². The molecule has 0 spiro atoms. The largest absolute Gasteiger partial charge is 0.359 e. The van der Waals surface area contributed by atoms with Crippen LogP contribution in [-0.2, 0) is 0 Å². The van der Waals surface area contributed by atoms with E-state index in [9.17, 15) is 0 Å². The van der Waals surface area contributed by atoms with E-state index in [0.29, 0.717) is 6.04 Å². The van der Waals surface area contributed by atoms with Gasteiger partial charge in [-0.15, -0.1) is 0 Å². The molecule has 2 N–H and O–H groups in total. The van der Waals surface area contributed by atoms with Crippen LogP contribution in [0.3, 0.4) is 0 Å². The predicted octanol–water partition coefficient (Wildman–Crippen LogP) is 4.41. The van der Waals surface area contributed by atoms with Crippen LogP contribution >= 0.6 is 12.2 Å². The number of aryl methyl sites for hydroxylation is 2. The second-order valence-corrected chi connectivity index (χ2v) is 8.28. The monoisotopic (exact) mass is 314 g/mol. The first-order chi connectivity index (χ1) is 10.6. The molecule has 4 aliphatic rings. The van der Waals surface area contributed by atoms with Gasteiger partial charge in [0.15, 0.2) is 5.11 Å². The lowest BCUT2D eigenvalue weighted by Gasteiger charge is -2.54. The molecule has 0 aromatic heterocycles. The van der Waals surface area contributed by atoms with Gasteiger partial charge in [0.2, 0.25) is 0 Å². The number of rotatable bonds is 2. The minimum absolute atomic E-state index is 0.609. The van der Waals surface area contributed by atoms with E-state index >= 15 is 0 Å². The number of hydrogen-bond acceptors (Lipinski definition) is 1. The lowest BCUT2D eigenvalue weighted by atomic mass is 9.54. The van der Waals surface area contributed by atoms with Gasteiger partial charge >= 0.3 is 0 Å². The van der Waals surface area contributed by atoms with Crippen molar-refractivity contribution in [3.8, 4) is 0 Å². The van der Waals surface area contributed by atoms with Gasteiger partial charge in [-0.3, -0.25) is 0 Å². The van der Waals surface area contributed by atoms with E-state index in [0.717, 1.165) is 34.5 Å². The summed E-state index contributed by atoms with van der Waals surface area (Å²) in [5, 5.41) is 7.92. The topological polar surface area (TPSA) is 24.1 Å². The van der Waals surface area contributed by atoms with Crippen LogP contribution in [0.1, 0.15) is 43.2 Å². The van der Waals surface area contributed by atoms with Gasteiger partial charge in [-0.1, -0.05) is 12.1 Å². The van der Waals surface area contributed by atoms with Crippen molar-refractivity contribution < 1.29 is 0 Å². The Morgan fingerprint density at radius 2 is 1.64 bits per heavy atom. The zero-order chi connectivity index (χ0) is 15.3. The van der Waals surface area contributed by atoms with Crippen molar-refractivity contribution in [1.29, 1.82) is 0 Å². The average molecular weight is 314 g/mol. The number of benzene rings is 1. The van der Waals surface area contributed by atoms with Crippen molar-refractivity contribution in [2.45, 2.75) is 52.0 Å². The number of anilines is 1. The molecule has 118 valence electrons. The number of hydrogen-bond donors (Lipinski definition) is 2. The van der Waals surface area contributed by atoms with Crippen LogP contribution in [0.15, 0.2) is 18.2 Å². The zero-order valence-corrected chi connectivity index (χ0v) is 14.4. The third-order valence-electron chi connectivity index (χ3n) is 6.17. The first kappa shape index (κ1) is 14.5. The molecule has 1 aromatic rings. The van der Waals surface area contributed by atoms with Crippen molar-refractivity contribution in [3.63, 3.8) is 0 Å². The van der Waals surface area contributed by atoms with Gasteiger partial charge in [-0.2, -0.15) is 0 Å².